The number of aromatic nitrogens is 1. The molecule has 1 aromatic heterocycles. The lowest BCUT2D eigenvalue weighted by molar-refractivity contribution is 0.0762. The number of benzene rings is 1. The fraction of sp³-hybridized carbons (Fsp3) is 0.368. The van der Waals surface area contributed by atoms with Gasteiger partial charge in [-0.2, -0.15) is 11.8 Å². The Morgan fingerprint density at radius 3 is 2.88 bits per heavy atom. The number of thioether (sulfide) groups is 1. The van der Waals surface area contributed by atoms with Crippen molar-refractivity contribution in [3.8, 4) is 5.88 Å². The summed E-state index contributed by atoms with van der Waals surface area (Å²) in [4.78, 5) is 18.9. The zero-order valence-corrected chi connectivity index (χ0v) is 14.9. The minimum absolute atomic E-state index is 0.00554. The van der Waals surface area contributed by atoms with E-state index in [2.05, 4.69) is 36.2 Å². The van der Waals surface area contributed by atoms with Crippen LogP contribution < -0.4 is 4.74 Å². The molecule has 126 valence electrons. The van der Waals surface area contributed by atoms with Gasteiger partial charge in [-0.15, -0.1) is 0 Å². The van der Waals surface area contributed by atoms with Crippen molar-refractivity contribution in [1.29, 1.82) is 0 Å². The van der Waals surface area contributed by atoms with Crippen molar-refractivity contribution in [1.82, 2.24) is 9.88 Å². The molecule has 1 fully saturated rings. The van der Waals surface area contributed by atoms with Gasteiger partial charge in [-0.25, -0.2) is 4.98 Å². The predicted molar refractivity (Wildman–Crippen MR) is 97.7 cm³/mol. The van der Waals surface area contributed by atoms with E-state index in [0.717, 1.165) is 25.3 Å². The summed E-state index contributed by atoms with van der Waals surface area (Å²) < 4.78 is 5.23. The van der Waals surface area contributed by atoms with E-state index in [1.165, 1.54) is 11.1 Å². The van der Waals surface area contributed by atoms with Gasteiger partial charge < -0.3 is 9.64 Å². The lowest BCUT2D eigenvalue weighted by Gasteiger charge is -2.21. The van der Waals surface area contributed by atoms with E-state index in [1.807, 2.05) is 16.7 Å². The van der Waals surface area contributed by atoms with Crippen molar-refractivity contribution in [2.24, 2.45) is 0 Å². The van der Waals surface area contributed by atoms with Gasteiger partial charge in [0.05, 0.1) is 7.11 Å². The molecule has 1 aliphatic heterocycles. The summed E-state index contributed by atoms with van der Waals surface area (Å²) in [5, 5.41) is 0.444. The smallest absolute Gasteiger partial charge is 0.259 e. The zero-order valence-electron chi connectivity index (χ0n) is 14.1. The quantitative estimate of drug-likeness (QED) is 0.853. The van der Waals surface area contributed by atoms with Gasteiger partial charge in [0.25, 0.3) is 5.91 Å². The van der Waals surface area contributed by atoms with Crippen molar-refractivity contribution in [2.45, 2.75) is 18.6 Å². The first-order valence-corrected chi connectivity index (χ1v) is 9.21. The molecule has 2 aromatic rings. The zero-order chi connectivity index (χ0) is 16.9. The Labute approximate surface area is 147 Å². The van der Waals surface area contributed by atoms with E-state index in [-0.39, 0.29) is 5.91 Å². The molecule has 3 rings (SSSR count). The molecule has 0 saturated carbocycles. The minimum atomic E-state index is 0.00554. The topological polar surface area (TPSA) is 42.4 Å². The van der Waals surface area contributed by atoms with Crippen LogP contribution in [-0.2, 0) is 0 Å². The van der Waals surface area contributed by atoms with Crippen LogP contribution in [0.2, 0.25) is 0 Å². The molecule has 1 saturated heterocycles. The normalized spacial score (nSPS) is 18.1. The van der Waals surface area contributed by atoms with Gasteiger partial charge in [-0.1, -0.05) is 24.3 Å². The number of aryl methyl sites for hydroxylation is 1. The van der Waals surface area contributed by atoms with E-state index in [0.29, 0.717) is 16.7 Å². The maximum atomic E-state index is 12.8. The number of carbonyl (C=O) groups is 1. The van der Waals surface area contributed by atoms with E-state index in [4.69, 9.17) is 4.74 Å². The van der Waals surface area contributed by atoms with Crippen molar-refractivity contribution < 1.29 is 9.53 Å². The molecule has 5 heteroatoms. The molecule has 1 unspecified atom stereocenters. The van der Waals surface area contributed by atoms with Crippen LogP contribution in [0.25, 0.3) is 0 Å². The van der Waals surface area contributed by atoms with Crippen LogP contribution in [0.1, 0.15) is 33.2 Å². The number of methoxy groups -OCH3 is 1. The largest absolute Gasteiger partial charge is 0.480 e. The fourth-order valence-corrected chi connectivity index (χ4v) is 4.38. The Morgan fingerprint density at radius 1 is 1.25 bits per heavy atom. The first-order chi connectivity index (χ1) is 11.7. The lowest BCUT2D eigenvalue weighted by Crippen LogP contribution is -2.33. The molecule has 4 nitrogen and oxygen atoms in total. The number of carbonyl (C=O) groups excluding carboxylic acids is 1. The van der Waals surface area contributed by atoms with Crippen molar-refractivity contribution in [3.05, 3.63) is 59.3 Å². The predicted octanol–water partition coefficient (Wildman–Crippen LogP) is 3.72. The molecule has 2 heterocycles. The molecule has 1 aromatic carbocycles. The second-order valence-corrected chi connectivity index (χ2v) is 7.17. The van der Waals surface area contributed by atoms with Crippen LogP contribution in [0.4, 0.5) is 0 Å². The highest BCUT2D eigenvalue weighted by molar-refractivity contribution is 7.99. The molecular formula is C19H22N2O2S. The number of pyridine rings is 1. The number of hydrogen-bond acceptors (Lipinski definition) is 4. The SMILES string of the molecule is COc1ncccc1C(=O)N1CCSC(c2ccccc2C)CC1. The summed E-state index contributed by atoms with van der Waals surface area (Å²) in [6, 6.07) is 12.1. The minimum Gasteiger partial charge on any atom is -0.480 e. The fourth-order valence-electron chi connectivity index (χ4n) is 3.06. The summed E-state index contributed by atoms with van der Waals surface area (Å²) in [6.07, 6.45) is 2.60. The van der Waals surface area contributed by atoms with Gasteiger partial charge in [0.15, 0.2) is 0 Å². The van der Waals surface area contributed by atoms with E-state index in [1.54, 1.807) is 25.4 Å². The molecular weight excluding hydrogens is 320 g/mol. The van der Waals surface area contributed by atoms with E-state index < -0.39 is 0 Å². The molecule has 1 aliphatic rings. The van der Waals surface area contributed by atoms with E-state index in [9.17, 15) is 4.79 Å². The van der Waals surface area contributed by atoms with Crippen LogP contribution in [0.15, 0.2) is 42.6 Å². The third kappa shape index (κ3) is 3.56. The number of ether oxygens (including phenoxy) is 1. The van der Waals surface area contributed by atoms with Gasteiger partial charge in [0, 0.05) is 30.3 Å². The highest BCUT2D eigenvalue weighted by Gasteiger charge is 2.25. The number of amides is 1. The Hall–Kier alpha value is -2.01. The molecule has 0 bridgehead atoms. The number of hydrogen-bond donors (Lipinski definition) is 0. The Kier molecular flexibility index (Phi) is 5.41. The average Bonchev–Trinajstić information content (AvgIpc) is 2.87. The Morgan fingerprint density at radius 2 is 2.08 bits per heavy atom. The third-order valence-corrected chi connectivity index (χ3v) is 5.67. The molecule has 0 spiro atoms. The number of nitrogens with zero attached hydrogens (tertiary/aromatic N) is 2. The van der Waals surface area contributed by atoms with Gasteiger partial charge in [-0.05, 0) is 36.6 Å². The second-order valence-electron chi connectivity index (χ2n) is 5.86. The summed E-state index contributed by atoms with van der Waals surface area (Å²) >= 11 is 1.94. The van der Waals surface area contributed by atoms with Gasteiger partial charge in [0.2, 0.25) is 5.88 Å². The molecule has 1 amide bonds. The highest BCUT2D eigenvalue weighted by Crippen LogP contribution is 2.36. The monoisotopic (exact) mass is 342 g/mol. The van der Waals surface area contributed by atoms with Crippen LogP contribution in [-0.4, -0.2) is 41.7 Å². The molecule has 0 aliphatic carbocycles. The van der Waals surface area contributed by atoms with Crippen LogP contribution >= 0.6 is 11.8 Å². The summed E-state index contributed by atoms with van der Waals surface area (Å²) in [5.41, 5.74) is 3.25. The standard InChI is InChI=1S/C19H22N2O2S/c1-14-6-3-4-7-15(14)17-9-11-21(12-13-24-17)19(22)16-8-5-10-20-18(16)23-2/h3-8,10,17H,9,11-13H2,1-2H3. The first kappa shape index (κ1) is 16.8. The van der Waals surface area contributed by atoms with Gasteiger partial charge >= 0.3 is 0 Å². The summed E-state index contributed by atoms with van der Waals surface area (Å²) in [7, 11) is 1.55. The van der Waals surface area contributed by atoms with Crippen LogP contribution in [0, 0.1) is 6.92 Å². The van der Waals surface area contributed by atoms with Gasteiger partial charge in [0.1, 0.15) is 5.56 Å². The van der Waals surface area contributed by atoms with Crippen molar-refractivity contribution in [3.63, 3.8) is 0 Å². The number of rotatable bonds is 3. The third-order valence-electron chi connectivity index (χ3n) is 4.36. The highest BCUT2D eigenvalue weighted by atomic mass is 32.2. The first-order valence-electron chi connectivity index (χ1n) is 8.16. The lowest BCUT2D eigenvalue weighted by atomic mass is 10.0. The molecule has 0 N–H and O–H groups in total. The van der Waals surface area contributed by atoms with Gasteiger partial charge in [-0.3, -0.25) is 4.79 Å². The van der Waals surface area contributed by atoms with E-state index >= 15 is 0 Å². The summed E-state index contributed by atoms with van der Waals surface area (Å²) in [6.45, 7) is 3.66. The average molecular weight is 342 g/mol. The Bertz CT molecular complexity index is 720. The summed E-state index contributed by atoms with van der Waals surface area (Å²) in [5.74, 6) is 1.34. The van der Waals surface area contributed by atoms with Crippen molar-refractivity contribution >= 4 is 17.7 Å². The van der Waals surface area contributed by atoms with Crippen molar-refractivity contribution in [2.75, 3.05) is 26.0 Å². The molecule has 1 atom stereocenters. The second kappa shape index (κ2) is 7.71. The Balaban J connectivity index is 1.74. The van der Waals surface area contributed by atoms with Crippen LogP contribution in [0.3, 0.4) is 0 Å². The van der Waals surface area contributed by atoms with Crippen LogP contribution in [0.5, 0.6) is 5.88 Å². The maximum absolute atomic E-state index is 12.8. The molecule has 0 radical (unpaired) electrons. The molecule has 24 heavy (non-hydrogen) atoms. The maximum Gasteiger partial charge on any atom is 0.259 e.